The number of amides is 2. The van der Waals surface area contributed by atoms with E-state index in [1.54, 1.807) is 56.7 Å². The van der Waals surface area contributed by atoms with E-state index >= 15 is 0 Å². The number of halogens is 1. The van der Waals surface area contributed by atoms with Gasteiger partial charge in [0.15, 0.2) is 0 Å². The van der Waals surface area contributed by atoms with Crippen molar-refractivity contribution in [3.8, 4) is 22.9 Å². The van der Waals surface area contributed by atoms with Gasteiger partial charge in [-0.1, -0.05) is 22.8 Å². The van der Waals surface area contributed by atoms with Gasteiger partial charge >= 0.3 is 6.03 Å². The van der Waals surface area contributed by atoms with Crippen LogP contribution in [0.25, 0.3) is 11.4 Å². The molecule has 0 saturated heterocycles. The average Bonchev–Trinajstić information content (AvgIpc) is 3.14. The number of anilines is 1. The van der Waals surface area contributed by atoms with Gasteiger partial charge in [0.1, 0.15) is 11.5 Å². The zero-order valence-electron chi connectivity index (χ0n) is 14.7. The lowest BCUT2D eigenvalue weighted by Crippen LogP contribution is -2.28. The minimum Gasteiger partial charge on any atom is -0.497 e. The van der Waals surface area contributed by atoms with Gasteiger partial charge in [0.2, 0.25) is 11.7 Å². The molecule has 0 aliphatic carbocycles. The van der Waals surface area contributed by atoms with E-state index in [1.165, 1.54) is 0 Å². The van der Waals surface area contributed by atoms with Gasteiger partial charge in [0.25, 0.3) is 0 Å². The fourth-order valence-corrected chi connectivity index (χ4v) is 2.51. The Bertz CT molecular complexity index is 945. The maximum atomic E-state index is 12.0. The second-order valence-electron chi connectivity index (χ2n) is 5.40. The second-order valence-corrected chi connectivity index (χ2v) is 5.83. The highest BCUT2D eigenvalue weighted by Crippen LogP contribution is 2.31. The van der Waals surface area contributed by atoms with Gasteiger partial charge in [-0.2, -0.15) is 4.98 Å². The highest BCUT2D eigenvalue weighted by molar-refractivity contribution is 6.30. The number of ether oxygens (including phenoxy) is 2. The summed E-state index contributed by atoms with van der Waals surface area (Å²) in [6, 6.07) is 11.7. The van der Waals surface area contributed by atoms with Gasteiger partial charge in [-0.25, -0.2) is 4.79 Å². The number of methoxy groups -OCH3 is 2. The molecule has 27 heavy (non-hydrogen) atoms. The number of nitrogens with zero attached hydrogens (tertiary/aromatic N) is 2. The quantitative estimate of drug-likeness (QED) is 0.667. The van der Waals surface area contributed by atoms with E-state index < -0.39 is 6.03 Å². The predicted octanol–water partition coefficient (Wildman–Crippen LogP) is 3.73. The zero-order chi connectivity index (χ0) is 19.2. The van der Waals surface area contributed by atoms with Gasteiger partial charge in [-0.05, 0) is 30.3 Å². The lowest BCUT2D eigenvalue weighted by Gasteiger charge is -2.07. The monoisotopic (exact) mass is 388 g/mol. The first-order valence-electron chi connectivity index (χ1n) is 7.94. The minimum atomic E-state index is -0.418. The average molecular weight is 389 g/mol. The molecular formula is C18H17ClN4O4. The SMILES string of the molecule is COc1ccc(-c2noc(CNC(=O)Nc3cccc(Cl)c3)n2)c(OC)c1. The number of benzene rings is 2. The van der Waals surface area contributed by atoms with Crippen LogP contribution < -0.4 is 20.1 Å². The van der Waals surface area contributed by atoms with Crippen LogP contribution in [0, 0.1) is 0 Å². The molecule has 2 aromatic carbocycles. The number of rotatable bonds is 6. The Hall–Kier alpha value is -3.26. The Labute approximate surface area is 160 Å². The molecule has 1 heterocycles. The van der Waals surface area contributed by atoms with Crippen LogP contribution >= 0.6 is 11.6 Å². The predicted molar refractivity (Wildman–Crippen MR) is 100 cm³/mol. The molecule has 1 aromatic heterocycles. The van der Waals surface area contributed by atoms with Crippen LogP contribution in [0.15, 0.2) is 47.0 Å². The standard InChI is InChI=1S/C18H17ClN4O4/c1-25-13-6-7-14(15(9-13)26-2)17-22-16(27-23-17)10-20-18(24)21-12-5-3-4-11(19)8-12/h3-9H,10H2,1-2H3,(H2,20,21,24). The summed E-state index contributed by atoms with van der Waals surface area (Å²) >= 11 is 5.88. The molecule has 0 fully saturated rings. The highest BCUT2D eigenvalue weighted by Gasteiger charge is 2.15. The van der Waals surface area contributed by atoms with Crippen LogP contribution in [0.4, 0.5) is 10.5 Å². The molecule has 0 aliphatic rings. The topological polar surface area (TPSA) is 98.5 Å². The van der Waals surface area contributed by atoms with Gasteiger partial charge in [-0.3, -0.25) is 0 Å². The molecule has 0 unspecified atom stereocenters. The maximum Gasteiger partial charge on any atom is 0.319 e. The third kappa shape index (κ3) is 4.68. The molecule has 0 saturated carbocycles. The molecule has 8 nitrogen and oxygen atoms in total. The van der Waals surface area contributed by atoms with Crippen LogP contribution in [0.5, 0.6) is 11.5 Å². The number of nitrogens with one attached hydrogen (secondary N) is 2. The van der Waals surface area contributed by atoms with E-state index in [2.05, 4.69) is 20.8 Å². The fourth-order valence-electron chi connectivity index (χ4n) is 2.32. The van der Waals surface area contributed by atoms with E-state index in [0.717, 1.165) is 0 Å². The number of aromatic nitrogens is 2. The first-order valence-corrected chi connectivity index (χ1v) is 8.32. The normalized spacial score (nSPS) is 10.3. The Morgan fingerprint density at radius 3 is 2.78 bits per heavy atom. The Morgan fingerprint density at radius 2 is 2.04 bits per heavy atom. The number of hydrogen-bond acceptors (Lipinski definition) is 6. The van der Waals surface area contributed by atoms with Gasteiger partial charge < -0.3 is 24.6 Å². The van der Waals surface area contributed by atoms with Crippen molar-refractivity contribution >= 4 is 23.3 Å². The molecule has 0 atom stereocenters. The lowest BCUT2D eigenvalue weighted by atomic mass is 10.2. The Kier molecular flexibility index (Phi) is 5.77. The summed E-state index contributed by atoms with van der Waals surface area (Å²) in [6.07, 6.45) is 0. The van der Waals surface area contributed by atoms with E-state index in [9.17, 15) is 4.79 Å². The molecule has 0 radical (unpaired) electrons. The molecule has 2 N–H and O–H groups in total. The van der Waals surface area contributed by atoms with Crippen molar-refractivity contribution in [3.63, 3.8) is 0 Å². The largest absolute Gasteiger partial charge is 0.497 e. The first kappa shape index (κ1) is 18.5. The third-order valence-corrected chi connectivity index (χ3v) is 3.84. The summed E-state index contributed by atoms with van der Waals surface area (Å²) in [7, 11) is 3.11. The molecular weight excluding hydrogens is 372 g/mol. The third-order valence-electron chi connectivity index (χ3n) is 3.60. The summed E-state index contributed by atoms with van der Waals surface area (Å²) in [4.78, 5) is 16.2. The van der Waals surface area contributed by atoms with Gasteiger partial charge in [-0.15, -0.1) is 0 Å². The van der Waals surface area contributed by atoms with Gasteiger partial charge in [0.05, 0.1) is 26.3 Å². The minimum absolute atomic E-state index is 0.0673. The van der Waals surface area contributed by atoms with Crippen LogP contribution in [-0.2, 0) is 6.54 Å². The van der Waals surface area contributed by atoms with Crippen LogP contribution in [0.1, 0.15) is 5.89 Å². The summed E-state index contributed by atoms with van der Waals surface area (Å²) in [5.74, 6) is 1.80. The van der Waals surface area contributed by atoms with Crippen molar-refractivity contribution < 1.29 is 18.8 Å². The fraction of sp³-hybridized carbons (Fsp3) is 0.167. The van der Waals surface area contributed by atoms with Crippen molar-refractivity contribution in [3.05, 3.63) is 53.4 Å². The van der Waals surface area contributed by atoms with Crippen molar-refractivity contribution in [2.45, 2.75) is 6.54 Å². The second kappa shape index (κ2) is 8.41. The van der Waals surface area contributed by atoms with Crippen molar-refractivity contribution in [2.24, 2.45) is 0 Å². The number of carbonyl (C=O) groups excluding carboxylic acids is 1. The molecule has 2 amide bonds. The summed E-state index contributed by atoms with van der Waals surface area (Å²) < 4.78 is 15.7. The number of urea groups is 1. The number of carbonyl (C=O) groups is 1. The van der Waals surface area contributed by atoms with Crippen LogP contribution in [0.3, 0.4) is 0 Å². The van der Waals surface area contributed by atoms with Crippen LogP contribution in [0.2, 0.25) is 5.02 Å². The molecule has 0 aliphatic heterocycles. The summed E-state index contributed by atoms with van der Waals surface area (Å²) in [5.41, 5.74) is 1.23. The van der Waals surface area contributed by atoms with Crippen molar-refractivity contribution in [1.29, 1.82) is 0 Å². The Balaban J connectivity index is 1.63. The first-order chi connectivity index (χ1) is 13.1. The van der Waals surface area contributed by atoms with Crippen LogP contribution in [-0.4, -0.2) is 30.4 Å². The van der Waals surface area contributed by atoms with E-state index in [4.69, 9.17) is 25.6 Å². The Morgan fingerprint density at radius 1 is 1.19 bits per heavy atom. The van der Waals surface area contributed by atoms with Crippen molar-refractivity contribution in [2.75, 3.05) is 19.5 Å². The molecule has 140 valence electrons. The molecule has 9 heteroatoms. The number of hydrogen-bond donors (Lipinski definition) is 2. The molecule has 3 rings (SSSR count). The summed E-state index contributed by atoms with van der Waals surface area (Å²) in [5, 5.41) is 9.76. The highest BCUT2D eigenvalue weighted by atomic mass is 35.5. The molecule has 0 bridgehead atoms. The van der Waals surface area contributed by atoms with E-state index in [1.807, 2.05) is 0 Å². The molecule has 0 spiro atoms. The van der Waals surface area contributed by atoms with E-state index in [-0.39, 0.29) is 12.4 Å². The maximum absolute atomic E-state index is 12.0. The zero-order valence-corrected chi connectivity index (χ0v) is 15.4. The lowest BCUT2D eigenvalue weighted by molar-refractivity contribution is 0.249. The van der Waals surface area contributed by atoms with Crippen molar-refractivity contribution in [1.82, 2.24) is 15.5 Å². The van der Waals surface area contributed by atoms with E-state index in [0.29, 0.717) is 33.6 Å². The smallest absolute Gasteiger partial charge is 0.319 e. The molecule has 3 aromatic rings. The van der Waals surface area contributed by atoms with Gasteiger partial charge in [0, 0.05) is 16.8 Å². The summed E-state index contributed by atoms with van der Waals surface area (Å²) in [6.45, 7) is 0.0673.